The van der Waals surface area contributed by atoms with Crippen molar-refractivity contribution in [3.63, 3.8) is 0 Å². The SMILES string of the molecule is CC(C)(C)C(=O)N1CCN(c2ccc(NC(=O)c3ccc(-c4cc(Cl)ccc4Cl)o3)cc2)CC1. The summed E-state index contributed by atoms with van der Waals surface area (Å²) in [7, 11) is 0. The molecule has 0 spiro atoms. The molecule has 4 rings (SSSR count). The predicted molar refractivity (Wildman–Crippen MR) is 137 cm³/mol. The lowest BCUT2D eigenvalue weighted by molar-refractivity contribution is -0.139. The van der Waals surface area contributed by atoms with Crippen LogP contribution in [0.4, 0.5) is 11.4 Å². The molecule has 0 bridgehead atoms. The molecule has 1 aliphatic heterocycles. The molecule has 1 N–H and O–H groups in total. The standard InChI is InChI=1S/C26H27Cl2N3O3/c1-26(2,3)25(33)31-14-12-30(13-15-31)19-7-5-18(6-8-19)29-24(32)23-11-10-22(34-23)20-16-17(27)4-9-21(20)28/h4-11,16H,12-15H2,1-3H3,(H,29,32). The van der Waals surface area contributed by atoms with Crippen LogP contribution in [0, 0.1) is 5.41 Å². The van der Waals surface area contributed by atoms with E-state index in [0.717, 1.165) is 18.8 Å². The Hall–Kier alpha value is -2.96. The van der Waals surface area contributed by atoms with Crippen LogP contribution >= 0.6 is 23.2 Å². The van der Waals surface area contributed by atoms with Crippen molar-refractivity contribution in [1.29, 1.82) is 0 Å². The van der Waals surface area contributed by atoms with Crippen LogP contribution in [0.1, 0.15) is 31.3 Å². The van der Waals surface area contributed by atoms with E-state index in [9.17, 15) is 9.59 Å². The molecule has 2 aromatic carbocycles. The topological polar surface area (TPSA) is 65.8 Å². The Morgan fingerprint density at radius 1 is 0.912 bits per heavy atom. The maximum Gasteiger partial charge on any atom is 0.291 e. The second kappa shape index (κ2) is 9.72. The highest BCUT2D eigenvalue weighted by atomic mass is 35.5. The van der Waals surface area contributed by atoms with E-state index in [1.165, 1.54) is 0 Å². The van der Waals surface area contributed by atoms with Crippen LogP contribution in [0.5, 0.6) is 0 Å². The van der Waals surface area contributed by atoms with Gasteiger partial charge in [-0.25, -0.2) is 0 Å². The number of carbonyl (C=O) groups excluding carboxylic acids is 2. The summed E-state index contributed by atoms with van der Waals surface area (Å²) in [4.78, 5) is 29.3. The third-order valence-electron chi connectivity index (χ3n) is 5.72. The van der Waals surface area contributed by atoms with E-state index in [2.05, 4.69) is 10.2 Å². The quantitative estimate of drug-likeness (QED) is 0.463. The van der Waals surface area contributed by atoms with Crippen LogP contribution in [-0.2, 0) is 4.79 Å². The van der Waals surface area contributed by atoms with Gasteiger partial charge in [0.2, 0.25) is 5.91 Å². The molecule has 2 amide bonds. The van der Waals surface area contributed by atoms with Gasteiger partial charge in [-0.05, 0) is 54.6 Å². The average Bonchev–Trinajstić information content (AvgIpc) is 3.30. The molecule has 2 heterocycles. The number of amides is 2. The van der Waals surface area contributed by atoms with E-state index < -0.39 is 0 Å². The van der Waals surface area contributed by atoms with Crippen LogP contribution < -0.4 is 10.2 Å². The number of halogens is 2. The van der Waals surface area contributed by atoms with Crippen molar-refractivity contribution in [2.45, 2.75) is 20.8 Å². The number of carbonyl (C=O) groups is 2. The summed E-state index contributed by atoms with van der Waals surface area (Å²) in [6.45, 7) is 8.79. The highest BCUT2D eigenvalue weighted by molar-refractivity contribution is 6.35. The zero-order valence-electron chi connectivity index (χ0n) is 19.4. The lowest BCUT2D eigenvalue weighted by atomic mass is 9.94. The van der Waals surface area contributed by atoms with Gasteiger partial charge in [-0.3, -0.25) is 9.59 Å². The van der Waals surface area contributed by atoms with E-state index in [4.69, 9.17) is 27.6 Å². The number of nitrogens with zero attached hydrogens (tertiary/aromatic N) is 2. The smallest absolute Gasteiger partial charge is 0.291 e. The Balaban J connectivity index is 1.36. The Morgan fingerprint density at radius 2 is 1.59 bits per heavy atom. The minimum atomic E-state index is -0.364. The second-order valence-electron chi connectivity index (χ2n) is 9.32. The van der Waals surface area contributed by atoms with Gasteiger partial charge in [0.1, 0.15) is 5.76 Å². The largest absolute Gasteiger partial charge is 0.451 e. The van der Waals surface area contributed by atoms with E-state index in [-0.39, 0.29) is 23.0 Å². The van der Waals surface area contributed by atoms with Gasteiger partial charge < -0.3 is 19.5 Å². The van der Waals surface area contributed by atoms with E-state index in [0.29, 0.717) is 40.1 Å². The van der Waals surface area contributed by atoms with Crippen molar-refractivity contribution in [3.8, 4) is 11.3 Å². The minimum absolute atomic E-state index is 0.176. The molecule has 0 saturated carbocycles. The first-order valence-electron chi connectivity index (χ1n) is 11.1. The van der Waals surface area contributed by atoms with Gasteiger partial charge in [-0.15, -0.1) is 0 Å². The first-order chi connectivity index (χ1) is 16.1. The molecule has 8 heteroatoms. The van der Waals surface area contributed by atoms with Gasteiger partial charge in [-0.2, -0.15) is 0 Å². The fourth-order valence-corrected chi connectivity index (χ4v) is 4.26. The fourth-order valence-electron chi connectivity index (χ4n) is 3.88. The van der Waals surface area contributed by atoms with Gasteiger partial charge in [0.05, 0.1) is 5.02 Å². The summed E-state index contributed by atoms with van der Waals surface area (Å²) >= 11 is 12.3. The summed E-state index contributed by atoms with van der Waals surface area (Å²) in [6, 6.07) is 16.0. The third kappa shape index (κ3) is 5.40. The summed E-state index contributed by atoms with van der Waals surface area (Å²) in [5, 5.41) is 3.88. The fraction of sp³-hybridized carbons (Fsp3) is 0.308. The molecule has 1 aliphatic rings. The minimum Gasteiger partial charge on any atom is -0.451 e. The molecular weight excluding hydrogens is 473 g/mol. The van der Waals surface area contributed by atoms with Crippen LogP contribution in [0.15, 0.2) is 59.0 Å². The van der Waals surface area contributed by atoms with Crippen LogP contribution in [0.2, 0.25) is 10.0 Å². The number of benzene rings is 2. The molecular formula is C26H27Cl2N3O3. The third-order valence-corrected chi connectivity index (χ3v) is 6.29. The monoisotopic (exact) mass is 499 g/mol. The predicted octanol–water partition coefficient (Wildman–Crippen LogP) is 6.20. The molecule has 1 aromatic heterocycles. The molecule has 1 fully saturated rings. The van der Waals surface area contributed by atoms with E-state index in [1.54, 1.807) is 30.3 Å². The van der Waals surface area contributed by atoms with Gasteiger partial charge in [0.15, 0.2) is 5.76 Å². The Kier molecular flexibility index (Phi) is 6.91. The maximum absolute atomic E-state index is 12.7. The Labute approximate surface area is 209 Å². The normalized spacial score (nSPS) is 14.3. The highest BCUT2D eigenvalue weighted by Gasteiger charge is 2.29. The van der Waals surface area contributed by atoms with Gasteiger partial charge in [0, 0.05) is 53.6 Å². The van der Waals surface area contributed by atoms with Crippen LogP contribution in [0.3, 0.4) is 0 Å². The van der Waals surface area contributed by atoms with Crippen molar-refractivity contribution in [3.05, 3.63) is 70.4 Å². The lowest BCUT2D eigenvalue weighted by Gasteiger charge is -2.38. The van der Waals surface area contributed by atoms with Crippen LogP contribution in [0.25, 0.3) is 11.3 Å². The maximum atomic E-state index is 12.7. The number of anilines is 2. The molecule has 178 valence electrons. The number of furan rings is 1. The number of rotatable bonds is 4. The molecule has 0 unspecified atom stereocenters. The van der Waals surface area contributed by atoms with Crippen molar-refractivity contribution in [1.82, 2.24) is 4.90 Å². The summed E-state index contributed by atoms with van der Waals surface area (Å²) in [6.07, 6.45) is 0. The summed E-state index contributed by atoms with van der Waals surface area (Å²) in [5.41, 5.74) is 1.98. The highest BCUT2D eigenvalue weighted by Crippen LogP contribution is 2.32. The number of piperazine rings is 1. The summed E-state index contributed by atoms with van der Waals surface area (Å²) in [5.74, 6) is 0.474. The second-order valence-corrected chi connectivity index (χ2v) is 10.2. The van der Waals surface area contributed by atoms with Crippen molar-refractivity contribution >= 4 is 46.4 Å². The number of nitrogens with one attached hydrogen (secondary N) is 1. The molecule has 34 heavy (non-hydrogen) atoms. The van der Waals surface area contributed by atoms with Crippen molar-refractivity contribution in [2.75, 3.05) is 36.4 Å². The zero-order valence-corrected chi connectivity index (χ0v) is 20.9. The zero-order chi connectivity index (χ0) is 24.5. The van der Waals surface area contributed by atoms with Crippen LogP contribution in [-0.4, -0.2) is 42.9 Å². The first-order valence-corrected chi connectivity index (χ1v) is 11.9. The van der Waals surface area contributed by atoms with Gasteiger partial charge in [-0.1, -0.05) is 44.0 Å². The van der Waals surface area contributed by atoms with Crippen molar-refractivity contribution in [2.24, 2.45) is 5.41 Å². The molecule has 0 atom stereocenters. The number of hydrogen-bond acceptors (Lipinski definition) is 4. The molecule has 0 radical (unpaired) electrons. The number of hydrogen-bond donors (Lipinski definition) is 1. The molecule has 0 aliphatic carbocycles. The average molecular weight is 500 g/mol. The molecule has 1 saturated heterocycles. The summed E-state index contributed by atoms with van der Waals surface area (Å²) < 4.78 is 5.72. The van der Waals surface area contributed by atoms with E-state index >= 15 is 0 Å². The Morgan fingerprint density at radius 3 is 2.24 bits per heavy atom. The van der Waals surface area contributed by atoms with E-state index in [1.807, 2.05) is 49.9 Å². The van der Waals surface area contributed by atoms with Crippen molar-refractivity contribution < 1.29 is 14.0 Å². The lowest BCUT2D eigenvalue weighted by Crippen LogP contribution is -2.51. The molecule has 3 aromatic rings. The van der Waals surface area contributed by atoms with Gasteiger partial charge >= 0.3 is 0 Å². The Bertz CT molecular complexity index is 1190. The first kappa shape index (κ1) is 24.2. The van der Waals surface area contributed by atoms with Gasteiger partial charge in [0.25, 0.3) is 5.91 Å². The molecule has 6 nitrogen and oxygen atoms in total.